The Balaban J connectivity index is 1.21. The lowest BCUT2D eigenvalue weighted by Gasteiger charge is -2.43. The number of para-hydroxylation sites is 1. The van der Waals surface area contributed by atoms with Crippen LogP contribution in [0.4, 0.5) is 33.6 Å². The molecule has 0 radical (unpaired) electrons. The molecule has 13 heteroatoms. The lowest BCUT2D eigenvalue weighted by molar-refractivity contribution is 0.0968. The third-order valence-corrected chi connectivity index (χ3v) is 10.0. The minimum absolute atomic E-state index is 0.0420. The van der Waals surface area contributed by atoms with E-state index in [-0.39, 0.29) is 6.03 Å². The average Bonchev–Trinajstić information content (AvgIpc) is 3.03. The first-order valence-corrected chi connectivity index (χ1v) is 18.0. The number of piperidine rings is 1. The first-order valence-electron chi connectivity index (χ1n) is 15.1. The lowest BCUT2D eigenvalue weighted by Crippen LogP contribution is -2.56. The monoisotopic (exact) mass is 640 g/mol. The number of methoxy groups -OCH3 is 1. The molecule has 0 saturated carbocycles. The molecule has 2 fully saturated rings. The van der Waals surface area contributed by atoms with Gasteiger partial charge in [0.25, 0.3) is 0 Å². The maximum atomic E-state index is 12.8. The number of piperazine rings is 1. The number of halogens is 1. The first-order chi connectivity index (χ1) is 21.2. The summed E-state index contributed by atoms with van der Waals surface area (Å²) in [6.45, 7) is 11.4. The van der Waals surface area contributed by atoms with Crippen LogP contribution in [0.2, 0.25) is 5.02 Å². The van der Waals surface area contributed by atoms with Gasteiger partial charge in [0.15, 0.2) is 5.82 Å². The molecule has 2 saturated heterocycles. The molecular formula is C31H42ClN8O3P. The van der Waals surface area contributed by atoms with E-state index >= 15 is 0 Å². The Hall–Kier alpha value is -3.53. The maximum Gasteiger partial charge on any atom is 0.317 e. The number of carbonyl (C=O) groups excluding carboxylic acids is 1. The molecule has 44 heavy (non-hydrogen) atoms. The van der Waals surface area contributed by atoms with E-state index in [1.165, 1.54) is 6.20 Å². The Morgan fingerprint density at radius 1 is 1.02 bits per heavy atom. The van der Waals surface area contributed by atoms with Crippen molar-refractivity contribution in [1.82, 2.24) is 25.1 Å². The second-order valence-corrected chi connectivity index (χ2v) is 15.1. The molecule has 0 spiro atoms. The highest BCUT2D eigenvalue weighted by Gasteiger charge is 2.29. The van der Waals surface area contributed by atoms with E-state index in [1.54, 1.807) is 20.4 Å². The number of hydrogen-bond acceptors (Lipinski definition) is 9. The molecule has 1 aromatic heterocycles. The summed E-state index contributed by atoms with van der Waals surface area (Å²) in [5.74, 6) is 1.45. The SMILES string of the molecule is CCNC(=O)N1CCN(C2CCN(c3ccc(Nc4ncc(Cl)c(Nc5ccccc5P(C)(C)=O)n4)c(OC)c3)CC2)CC1. The van der Waals surface area contributed by atoms with Crippen LogP contribution in [0.1, 0.15) is 19.8 Å². The van der Waals surface area contributed by atoms with Crippen molar-refractivity contribution in [1.29, 1.82) is 0 Å². The maximum absolute atomic E-state index is 12.8. The van der Waals surface area contributed by atoms with Crippen LogP contribution in [0.5, 0.6) is 5.75 Å². The zero-order valence-electron chi connectivity index (χ0n) is 25.8. The van der Waals surface area contributed by atoms with Gasteiger partial charge in [-0.05, 0) is 57.4 Å². The van der Waals surface area contributed by atoms with Crippen molar-refractivity contribution in [3.8, 4) is 5.75 Å². The quantitative estimate of drug-likeness (QED) is 0.272. The summed E-state index contributed by atoms with van der Waals surface area (Å²) in [7, 11) is -0.873. The van der Waals surface area contributed by atoms with E-state index in [4.69, 9.17) is 16.3 Å². The molecule has 2 amide bonds. The molecule has 236 valence electrons. The van der Waals surface area contributed by atoms with Crippen LogP contribution in [0.15, 0.2) is 48.7 Å². The number of amides is 2. The highest BCUT2D eigenvalue weighted by molar-refractivity contribution is 7.70. The van der Waals surface area contributed by atoms with Crippen molar-refractivity contribution in [2.24, 2.45) is 0 Å². The number of nitrogens with one attached hydrogen (secondary N) is 3. The standard InChI is InChI=1S/C31H42ClN8O3P/c1-5-33-31(41)40-18-16-39(17-19-40)22-12-14-38(15-13-22)23-10-11-25(27(20-23)43-2)36-30-34-21-24(32)29(37-30)35-26-8-6-7-9-28(26)44(3,4)42/h6-11,20-22H,5,12-19H2,1-4H3,(H,33,41)(H2,34,35,36,37). The first kappa shape index (κ1) is 31.9. The summed E-state index contributed by atoms with van der Waals surface area (Å²) in [5.41, 5.74) is 2.53. The fourth-order valence-electron chi connectivity index (χ4n) is 5.83. The number of ether oxygens (including phenoxy) is 1. The number of urea groups is 1. The topological polar surface area (TPSA) is 115 Å². The van der Waals surface area contributed by atoms with Crippen LogP contribution in [0, 0.1) is 0 Å². The Morgan fingerprint density at radius 3 is 2.43 bits per heavy atom. The summed E-state index contributed by atoms with van der Waals surface area (Å²) in [5, 5.41) is 10.5. The zero-order chi connectivity index (χ0) is 31.3. The summed E-state index contributed by atoms with van der Waals surface area (Å²) < 4.78 is 18.6. The van der Waals surface area contributed by atoms with Crippen LogP contribution in [-0.4, -0.2) is 98.1 Å². The predicted octanol–water partition coefficient (Wildman–Crippen LogP) is 5.19. The molecule has 2 aliphatic heterocycles. The normalized spacial score (nSPS) is 16.5. The Kier molecular flexibility index (Phi) is 10.2. The second-order valence-electron chi connectivity index (χ2n) is 11.5. The molecule has 0 unspecified atom stereocenters. The fraction of sp³-hybridized carbons (Fsp3) is 0.452. The van der Waals surface area contributed by atoms with Gasteiger partial charge in [-0.2, -0.15) is 4.98 Å². The van der Waals surface area contributed by atoms with Crippen molar-refractivity contribution in [2.75, 3.05) is 81.8 Å². The minimum Gasteiger partial charge on any atom is -0.494 e. The minimum atomic E-state index is -2.52. The molecule has 3 aromatic rings. The molecule has 2 aromatic carbocycles. The van der Waals surface area contributed by atoms with E-state index in [9.17, 15) is 9.36 Å². The third kappa shape index (κ3) is 7.57. The van der Waals surface area contributed by atoms with Crippen LogP contribution >= 0.6 is 18.7 Å². The van der Waals surface area contributed by atoms with Gasteiger partial charge in [-0.25, -0.2) is 9.78 Å². The highest BCUT2D eigenvalue weighted by atomic mass is 35.5. The van der Waals surface area contributed by atoms with E-state index < -0.39 is 7.14 Å². The number of aromatic nitrogens is 2. The average molecular weight is 641 g/mol. The molecule has 3 heterocycles. The third-order valence-electron chi connectivity index (χ3n) is 8.19. The summed E-state index contributed by atoms with van der Waals surface area (Å²) in [6.07, 6.45) is 3.68. The lowest BCUT2D eigenvalue weighted by atomic mass is 10.0. The van der Waals surface area contributed by atoms with E-state index in [0.29, 0.717) is 40.8 Å². The highest BCUT2D eigenvalue weighted by Crippen LogP contribution is 2.39. The van der Waals surface area contributed by atoms with Crippen LogP contribution in [0.25, 0.3) is 0 Å². The van der Waals surface area contributed by atoms with Crippen molar-refractivity contribution in [3.63, 3.8) is 0 Å². The van der Waals surface area contributed by atoms with Crippen molar-refractivity contribution >= 4 is 58.9 Å². The number of anilines is 5. The van der Waals surface area contributed by atoms with E-state index in [1.807, 2.05) is 48.2 Å². The van der Waals surface area contributed by atoms with Crippen molar-refractivity contribution in [2.45, 2.75) is 25.8 Å². The molecule has 3 N–H and O–H groups in total. The second kappa shape index (κ2) is 14.1. The van der Waals surface area contributed by atoms with E-state index in [0.717, 1.165) is 68.8 Å². The van der Waals surface area contributed by atoms with Gasteiger partial charge in [-0.3, -0.25) is 4.90 Å². The predicted molar refractivity (Wildman–Crippen MR) is 180 cm³/mol. The van der Waals surface area contributed by atoms with Crippen LogP contribution in [-0.2, 0) is 4.57 Å². The van der Waals surface area contributed by atoms with Gasteiger partial charge in [0.05, 0.1) is 24.7 Å². The van der Waals surface area contributed by atoms with Gasteiger partial charge >= 0.3 is 6.03 Å². The van der Waals surface area contributed by atoms with Gasteiger partial charge in [0, 0.05) is 68.9 Å². The largest absolute Gasteiger partial charge is 0.494 e. The summed E-state index contributed by atoms with van der Waals surface area (Å²) in [6, 6.07) is 14.1. The van der Waals surface area contributed by atoms with Crippen molar-refractivity contribution < 1.29 is 14.1 Å². The van der Waals surface area contributed by atoms with Crippen LogP contribution in [0.3, 0.4) is 0 Å². The summed E-state index contributed by atoms with van der Waals surface area (Å²) in [4.78, 5) is 28.0. The van der Waals surface area contributed by atoms with E-state index in [2.05, 4.69) is 41.8 Å². The number of rotatable bonds is 9. The number of nitrogens with zero attached hydrogens (tertiary/aromatic N) is 5. The number of benzene rings is 2. The number of carbonyl (C=O) groups is 1. The molecular weight excluding hydrogens is 599 g/mol. The molecule has 0 bridgehead atoms. The smallest absolute Gasteiger partial charge is 0.317 e. The van der Waals surface area contributed by atoms with Gasteiger partial charge in [-0.1, -0.05) is 23.7 Å². The van der Waals surface area contributed by atoms with Gasteiger partial charge in [0.1, 0.15) is 17.9 Å². The molecule has 2 aliphatic rings. The zero-order valence-corrected chi connectivity index (χ0v) is 27.5. The Bertz CT molecular complexity index is 1500. The van der Waals surface area contributed by atoms with Gasteiger partial charge < -0.3 is 35.1 Å². The van der Waals surface area contributed by atoms with Crippen LogP contribution < -0.4 is 30.9 Å². The fourth-order valence-corrected chi connectivity index (χ4v) is 7.13. The summed E-state index contributed by atoms with van der Waals surface area (Å²) >= 11 is 6.44. The molecule has 11 nitrogen and oxygen atoms in total. The molecule has 0 aliphatic carbocycles. The Morgan fingerprint density at radius 2 is 1.75 bits per heavy atom. The Labute approximate surface area is 264 Å². The molecule has 5 rings (SSSR count). The van der Waals surface area contributed by atoms with Gasteiger partial charge in [-0.15, -0.1) is 0 Å². The number of hydrogen-bond donors (Lipinski definition) is 3. The van der Waals surface area contributed by atoms with Gasteiger partial charge in [0.2, 0.25) is 5.95 Å². The van der Waals surface area contributed by atoms with Crippen molar-refractivity contribution in [3.05, 3.63) is 53.7 Å². The molecule has 0 atom stereocenters.